The van der Waals surface area contributed by atoms with Crippen molar-refractivity contribution in [3.63, 3.8) is 0 Å². The lowest BCUT2D eigenvalue weighted by molar-refractivity contribution is -0.136. The van der Waals surface area contributed by atoms with Crippen LogP contribution in [0.2, 0.25) is 0 Å². The predicted octanol–water partition coefficient (Wildman–Crippen LogP) is 5.56. The number of H-pyrrole nitrogens is 1. The lowest BCUT2D eigenvalue weighted by Gasteiger charge is -2.32. The fourth-order valence-corrected chi connectivity index (χ4v) is 7.63. The molecule has 4 heterocycles. The number of imidazole rings is 1. The Bertz CT molecular complexity index is 1920. The number of likely N-dealkylation sites (N-methyl/N-ethyl adjacent to an activating group) is 1. The molecule has 49 heavy (non-hydrogen) atoms. The molecule has 0 bridgehead atoms. The summed E-state index contributed by atoms with van der Waals surface area (Å²) in [6.45, 7) is 3.01. The number of aromatic amines is 1. The van der Waals surface area contributed by atoms with E-state index in [1.807, 2.05) is 60.3 Å². The number of carbonyl (C=O) groups is 3. The first kappa shape index (κ1) is 32.5. The van der Waals surface area contributed by atoms with Crippen molar-refractivity contribution in [1.82, 2.24) is 30.0 Å². The number of likely N-dealkylation sites (tertiary alicyclic amines) is 2. The number of nitrogens with zero attached hydrogens (tertiary/aromatic N) is 5. The van der Waals surface area contributed by atoms with Crippen LogP contribution >= 0.6 is 0 Å². The van der Waals surface area contributed by atoms with E-state index in [2.05, 4.69) is 45.4 Å². The van der Waals surface area contributed by atoms with Gasteiger partial charge in [-0.25, -0.2) is 9.78 Å². The van der Waals surface area contributed by atoms with E-state index >= 15 is 0 Å². The minimum atomic E-state index is -0.700. The second kappa shape index (κ2) is 13.5. The van der Waals surface area contributed by atoms with Crippen molar-refractivity contribution in [2.75, 3.05) is 34.3 Å². The molecule has 2 fully saturated rings. The van der Waals surface area contributed by atoms with Crippen molar-refractivity contribution < 1.29 is 19.1 Å². The Morgan fingerprint density at radius 3 is 2.35 bits per heavy atom. The van der Waals surface area contributed by atoms with Gasteiger partial charge in [-0.3, -0.25) is 19.5 Å². The van der Waals surface area contributed by atoms with Crippen LogP contribution in [0.4, 0.5) is 10.5 Å². The largest absolute Gasteiger partial charge is 0.453 e. The molecule has 4 aromatic rings. The molecule has 1 unspecified atom stereocenters. The summed E-state index contributed by atoms with van der Waals surface area (Å²) in [6, 6.07) is 21.4. The van der Waals surface area contributed by atoms with Gasteiger partial charge in [-0.1, -0.05) is 48.5 Å². The normalized spacial score (nSPS) is 20.0. The number of nitrogens with one attached hydrogen (secondary N) is 2. The number of methoxy groups -OCH3 is 1. The highest BCUT2D eigenvalue weighted by atomic mass is 16.5. The van der Waals surface area contributed by atoms with E-state index < -0.39 is 12.1 Å². The topological polar surface area (TPSA) is 123 Å². The lowest BCUT2D eigenvalue weighted by Crippen LogP contribution is -2.46. The third kappa shape index (κ3) is 6.30. The minimum Gasteiger partial charge on any atom is -0.453 e. The zero-order valence-corrected chi connectivity index (χ0v) is 28.5. The summed E-state index contributed by atoms with van der Waals surface area (Å²) >= 11 is 0. The van der Waals surface area contributed by atoms with E-state index in [-0.39, 0.29) is 29.9 Å². The van der Waals surface area contributed by atoms with Crippen molar-refractivity contribution in [3.05, 3.63) is 83.7 Å². The molecule has 0 spiro atoms. The fourth-order valence-electron chi connectivity index (χ4n) is 7.63. The van der Waals surface area contributed by atoms with Gasteiger partial charge in [0.15, 0.2) is 0 Å². The third-order valence-corrected chi connectivity index (χ3v) is 10.1. The number of hydrogen-bond acceptors (Lipinski definition) is 7. The first-order valence-electron chi connectivity index (χ1n) is 17.1. The van der Waals surface area contributed by atoms with Gasteiger partial charge in [0.25, 0.3) is 0 Å². The summed E-state index contributed by atoms with van der Waals surface area (Å²) in [5.41, 5.74) is 7.99. The van der Waals surface area contributed by atoms with Gasteiger partial charge in [0, 0.05) is 25.2 Å². The zero-order chi connectivity index (χ0) is 34.2. The standard InChI is InChI=1S/C38H43N7O4/c1-23(39-38(48)49-4)36(46)45-19-9-13-33(45)35-41-28-17-16-26(21-30(28)42-35)25-14-15-27-22-31(40-29(27)20-25)32-12-8-18-44(32)37(47)34(43(2)3)24-10-6-5-7-11-24/h5-7,10-11,14-17,20-21,23,32-34H,8-9,12-13,18-19,22H2,1-4H3,(H,39,48)(H,41,42)/t23-,32-,33-,34?/m0/s1. The molecule has 1 aromatic heterocycles. The second-order valence-corrected chi connectivity index (χ2v) is 13.5. The number of aliphatic imine (C=N–C) groups is 1. The maximum Gasteiger partial charge on any atom is 0.407 e. The second-order valence-electron chi connectivity index (χ2n) is 13.5. The Labute approximate surface area is 286 Å². The smallest absolute Gasteiger partial charge is 0.407 e. The molecule has 3 aliphatic rings. The van der Waals surface area contributed by atoms with Crippen LogP contribution in [0.5, 0.6) is 0 Å². The Balaban J connectivity index is 1.09. The van der Waals surface area contributed by atoms with Gasteiger partial charge in [0.1, 0.15) is 17.9 Å². The molecular formula is C38H43N7O4. The van der Waals surface area contributed by atoms with Gasteiger partial charge in [-0.05, 0) is 87.2 Å². The molecule has 4 atom stereocenters. The Hall–Kier alpha value is -5.03. The third-order valence-electron chi connectivity index (χ3n) is 10.1. The van der Waals surface area contributed by atoms with Crippen LogP contribution in [-0.2, 0) is 20.7 Å². The van der Waals surface area contributed by atoms with Crippen LogP contribution in [0.15, 0.2) is 71.7 Å². The number of aromatic nitrogens is 2. The molecule has 3 aromatic carbocycles. The van der Waals surface area contributed by atoms with Crippen LogP contribution in [0.25, 0.3) is 22.2 Å². The van der Waals surface area contributed by atoms with Gasteiger partial charge in [-0.15, -0.1) is 0 Å². The number of rotatable bonds is 8. The molecule has 2 N–H and O–H groups in total. The number of amides is 3. The van der Waals surface area contributed by atoms with Crippen LogP contribution in [0.1, 0.15) is 61.6 Å². The van der Waals surface area contributed by atoms with Crippen molar-refractivity contribution in [2.45, 2.75) is 63.2 Å². The average Bonchev–Trinajstić information content (AvgIpc) is 3.92. The van der Waals surface area contributed by atoms with Crippen molar-refractivity contribution >= 4 is 40.3 Å². The number of hydrogen-bond donors (Lipinski definition) is 2. The molecule has 254 valence electrons. The molecule has 3 amide bonds. The number of fused-ring (bicyclic) bond motifs is 2. The maximum absolute atomic E-state index is 14.0. The monoisotopic (exact) mass is 661 g/mol. The molecule has 2 saturated heterocycles. The predicted molar refractivity (Wildman–Crippen MR) is 189 cm³/mol. The van der Waals surface area contributed by atoms with Crippen molar-refractivity contribution in [3.8, 4) is 11.1 Å². The van der Waals surface area contributed by atoms with Gasteiger partial charge in [0.2, 0.25) is 11.8 Å². The Kier molecular flexibility index (Phi) is 8.94. The van der Waals surface area contributed by atoms with E-state index in [9.17, 15) is 14.4 Å². The van der Waals surface area contributed by atoms with Crippen LogP contribution in [0, 0.1) is 0 Å². The average molecular weight is 662 g/mol. The number of carbonyl (C=O) groups excluding carboxylic acids is 3. The number of alkyl carbamates (subject to hydrolysis) is 1. The van der Waals surface area contributed by atoms with E-state index in [1.165, 1.54) is 12.7 Å². The molecule has 11 nitrogen and oxygen atoms in total. The molecular weight excluding hydrogens is 618 g/mol. The summed E-state index contributed by atoms with van der Waals surface area (Å²) < 4.78 is 4.67. The Morgan fingerprint density at radius 2 is 1.61 bits per heavy atom. The van der Waals surface area contributed by atoms with Crippen LogP contribution in [-0.4, -0.2) is 94.7 Å². The summed E-state index contributed by atoms with van der Waals surface area (Å²) in [6.07, 6.45) is 3.65. The van der Waals surface area contributed by atoms with Gasteiger partial charge >= 0.3 is 6.09 Å². The minimum absolute atomic E-state index is 0.00499. The number of benzene rings is 3. The quantitative estimate of drug-likeness (QED) is 0.255. The SMILES string of the molecule is COC(=O)N[C@@H](C)C(=O)N1CCC[C@H]1c1nc2cc(-c3ccc4c(c3)N=C([C@@H]3CCCN3C(=O)C(c3ccccc3)N(C)C)C4)ccc2[nH]1. The fraction of sp³-hybridized carbons (Fsp3) is 0.395. The molecule has 0 aliphatic carbocycles. The maximum atomic E-state index is 14.0. The van der Waals surface area contributed by atoms with Gasteiger partial charge in [0.05, 0.1) is 35.9 Å². The van der Waals surface area contributed by atoms with Crippen LogP contribution < -0.4 is 5.32 Å². The van der Waals surface area contributed by atoms with E-state index in [1.54, 1.807) is 11.8 Å². The van der Waals surface area contributed by atoms with E-state index in [0.717, 1.165) is 83.6 Å². The molecule has 3 aliphatic heterocycles. The van der Waals surface area contributed by atoms with Gasteiger partial charge < -0.3 is 24.8 Å². The summed E-state index contributed by atoms with van der Waals surface area (Å²) in [4.78, 5) is 58.2. The van der Waals surface area contributed by atoms with E-state index in [0.29, 0.717) is 6.54 Å². The summed E-state index contributed by atoms with van der Waals surface area (Å²) in [5, 5.41) is 2.58. The van der Waals surface area contributed by atoms with Crippen LogP contribution in [0.3, 0.4) is 0 Å². The van der Waals surface area contributed by atoms with Crippen molar-refractivity contribution in [1.29, 1.82) is 0 Å². The highest BCUT2D eigenvalue weighted by Gasteiger charge is 2.39. The highest BCUT2D eigenvalue weighted by molar-refractivity contribution is 6.01. The van der Waals surface area contributed by atoms with Gasteiger partial charge in [-0.2, -0.15) is 0 Å². The highest BCUT2D eigenvalue weighted by Crippen LogP contribution is 2.37. The number of ether oxygens (including phenoxy) is 1. The lowest BCUT2D eigenvalue weighted by atomic mass is 9.99. The molecule has 7 rings (SSSR count). The van der Waals surface area contributed by atoms with E-state index in [4.69, 9.17) is 9.98 Å². The Morgan fingerprint density at radius 1 is 0.918 bits per heavy atom. The molecule has 0 saturated carbocycles. The summed E-state index contributed by atoms with van der Waals surface area (Å²) in [5.74, 6) is 0.707. The summed E-state index contributed by atoms with van der Waals surface area (Å²) in [7, 11) is 5.21. The first-order chi connectivity index (χ1) is 23.7. The van der Waals surface area contributed by atoms with Crippen molar-refractivity contribution in [2.24, 2.45) is 4.99 Å². The first-order valence-corrected chi connectivity index (χ1v) is 17.1. The zero-order valence-electron chi connectivity index (χ0n) is 28.5. The molecule has 11 heteroatoms. The molecule has 0 radical (unpaired) electrons.